The van der Waals surface area contributed by atoms with Crippen molar-refractivity contribution in [2.24, 2.45) is 40.4 Å². The zero-order valence-electron chi connectivity index (χ0n) is 24.6. The lowest BCUT2D eigenvalue weighted by atomic mass is 9.45. The van der Waals surface area contributed by atoms with Gasteiger partial charge in [-0.2, -0.15) is 0 Å². The molecule has 224 valence electrons. The second-order valence-corrected chi connectivity index (χ2v) is 14.2. The first-order valence-electron chi connectivity index (χ1n) is 14.9. The summed E-state index contributed by atoms with van der Waals surface area (Å²) >= 11 is 0. The van der Waals surface area contributed by atoms with Crippen molar-refractivity contribution < 1.29 is 44.3 Å². The molecule has 1 saturated heterocycles. The number of ether oxygens (including phenoxy) is 2. The smallest absolute Gasteiger partial charge is 0.309 e. The minimum atomic E-state index is -1.53. The van der Waals surface area contributed by atoms with Gasteiger partial charge in [0.15, 0.2) is 5.78 Å². The number of cyclic esters (lactones) is 1. The van der Waals surface area contributed by atoms with Gasteiger partial charge in [-0.05, 0) is 87.7 Å². The summed E-state index contributed by atoms with van der Waals surface area (Å²) in [5, 5.41) is 45.6. The van der Waals surface area contributed by atoms with Crippen LogP contribution in [0.3, 0.4) is 0 Å². The van der Waals surface area contributed by atoms with Crippen LogP contribution in [-0.2, 0) is 23.9 Å². The van der Waals surface area contributed by atoms with Crippen LogP contribution in [0.1, 0.15) is 86.5 Å². The number of ketones is 1. The number of carbonyl (C=O) groups is 3. The number of esters is 2. The van der Waals surface area contributed by atoms with Gasteiger partial charge >= 0.3 is 11.9 Å². The van der Waals surface area contributed by atoms with E-state index in [0.717, 1.165) is 0 Å². The molecule has 4 fully saturated rings. The zero-order chi connectivity index (χ0) is 29.6. The lowest BCUT2D eigenvalue weighted by Gasteiger charge is -2.60. The third-order valence-corrected chi connectivity index (χ3v) is 12.2. The molecular formula is C31H46O9. The van der Waals surface area contributed by atoms with Gasteiger partial charge in [0.25, 0.3) is 0 Å². The highest BCUT2D eigenvalue weighted by atomic mass is 16.6. The summed E-state index contributed by atoms with van der Waals surface area (Å²) in [5.74, 6) is -2.61. The molecule has 0 aromatic heterocycles. The molecule has 0 unspecified atom stereocenters. The van der Waals surface area contributed by atoms with Crippen molar-refractivity contribution in [2.45, 2.75) is 122 Å². The molecule has 9 heteroatoms. The Morgan fingerprint density at radius 1 is 1.15 bits per heavy atom. The molecule has 1 aliphatic heterocycles. The van der Waals surface area contributed by atoms with Gasteiger partial charge in [0.2, 0.25) is 0 Å². The van der Waals surface area contributed by atoms with Crippen molar-refractivity contribution in [1.29, 1.82) is 0 Å². The highest BCUT2D eigenvalue weighted by molar-refractivity contribution is 5.95. The molecule has 4 N–H and O–H groups in total. The van der Waals surface area contributed by atoms with Crippen LogP contribution in [-0.4, -0.2) is 73.8 Å². The molecule has 5 rings (SSSR count). The maximum atomic E-state index is 13.4. The number of carbonyl (C=O) groups excluding carboxylic acids is 3. The van der Waals surface area contributed by atoms with Gasteiger partial charge in [0.1, 0.15) is 17.8 Å². The van der Waals surface area contributed by atoms with Crippen molar-refractivity contribution in [1.82, 2.24) is 0 Å². The normalized spacial score (nSPS) is 48.7. The summed E-state index contributed by atoms with van der Waals surface area (Å²) in [5.41, 5.74) is -3.61. The minimum absolute atomic E-state index is 0.126. The van der Waals surface area contributed by atoms with Crippen molar-refractivity contribution in [3.05, 3.63) is 11.6 Å². The predicted octanol–water partition coefficient (Wildman–Crippen LogP) is 2.46. The quantitative estimate of drug-likeness (QED) is 0.371. The average molecular weight is 563 g/mol. The monoisotopic (exact) mass is 562 g/mol. The van der Waals surface area contributed by atoms with E-state index in [1.54, 1.807) is 19.9 Å². The fourth-order valence-electron chi connectivity index (χ4n) is 9.74. The van der Waals surface area contributed by atoms with Gasteiger partial charge in [-0.3, -0.25) is 14.4 Å². The van der Waals surface area contributed by atoms with Crippen molar-refractivity contribution >= 4 is 17.7 Å². The number of hydrogen-bond donors (Lipinski definition) is 4. The zero-order valence-corrected chi connectivity index (χ0v) is 24.6. The van der Waals surface area contributed by atoms with Crippen LogP contribution in [0.25, 0.3) is 0 Å². The van der Waals surface area contributed by atoms with Gasteiger partial charge in [0, 0.05) is 24.2 Å². The molecule has 0 amide bonds. The first kappa shape index (κ1) is 29.7. The Labute approximate surface area is 236 Å². The SMILES string of the molecule is CC(=O)O[C@H](C[C@H]1[C@H](C)C(=O)O[C@@H]1C)[C@](C)(O)[C@H]1CC[C@@]2(O)C3=CC(=O)[C@@H]4C[C@@H](O)[C@@H](O)C[C@]4(C)[C@H]3CC[C@]12C. The van der Waals surface area contributed by atoms with Gasteiger partial charge in [-0.25, -0.2) is 0 Å². The van der Waals surface area contributed by atoms with E-state index in [1.807, 2.05) is 20.8 Å². The number of fused-ring (bicyclic) bond motifs is 5. The van der Waals surface area contributed by atoms with Gasteiger partial charge in [-0.15, -0.1) is 0 Å². The Morgan fingerprint density at radius 3 is 2.42 bits per heavy atom. The molecule has 0 spiro atoms. The Balaban J connectivity index is 1.48. The van der Waals surface area contributed by atoms with Crippen molar-refractivity contribution in [3.8, 4) is 0 Å². The molecule has 13 atom stereocenters. The molecule has 0 bridgehead atoms. The summed E-state index contributed by atoms with van der Waals surface area (Å²) in [6.07, 6.45) is 1.21. The molecular weight excluding hydrogens is 516 g/mol. The van der Waals surface area contributed by atoms with Crippen LogP contribution in [0.15, 0.2) is 11.6 Å². The maximum absolute atomic E-state index is 13.4. The fourth-order valence-corrected chi connectivity index (χ4v) is 9.74. The number of rotatable bonds is 5. The molecule has 3 saturated carbocycles. The lowest BCUT2D eigenvalue weighted by molar-refractivity contribution is -0.194. The molecule has 1 heterocycles. The second-order valence-electron chi connectivity index (χ2n) is 14.2. The Kier molecular flexibility index (Phi) is 7.13. The van der Waals surface area contributed by atoms with E-state index < -0.39 is 64.1 Å². The molecule has 4 aliphatic carbocycles. The first-order valence-corrected chi connectivity index (χ1v) is 14.9. The van der Waals surface area contributed by atoms with Crippen molar-refractivity contribution in [2.75, 3.05) is 0 Å². The van der Waals surface area contributed by atoms with Gasteiger partial charge in [0.05, 0.1) is 23.7 Å². The molecule has 0 aromatic carbocycles. The average Bonchev–Trinajstić information content (AvgIpc) is 3.27. The topological polar surface area (TPSA) is 151 Å². The lowest BCUT2D eigenvalue weighted by Crippen LogP contribution is -2.63. The first-order chi connectivity index (χ1) is 18.5. The number of aliphatic hydroxyl groups is 4. The highest BCUT2D eigenvalue weighted by Crippen LogP contribution is 2.68. The van der Waals surface area contributed by atoms with Crippen LogP contribution in [0.4, 0.5) is 0 Å². The van der Waals surface area contributed by atoms with E-state index in [1.165, 1.54) is 6.92 Å². The highest BCUT2D eigenvalue weighted by Gasteiger charge is 2.69. The van der Waals surface area contributed by atoms with E-state index in [2.05, 4.69) is 0 Å². The van der Waals surface area contributed by atoms with Crippen LogP contribution < -0.4 is 0 Å². The van der Waals surface area contributed by atoms with Crippen LogP contribution in [0.5, 0.6) is 0 Å². The molecule has 40 heavy (non-hydrogen) atoms. The predicted molar refractivity (Wildman–Crippen MR) is 143 cm³/mol. The third-order valence-electron chi connectivity index (χ3n) is 12.2. The maximum Gasteiger partial charge on any atom is 0.309 e. The van der Waals surface area contributed by atoms with E-state index in [0.29, 0.717) is 31.3 Å². The van der Waals surface area contributed by atoms with E-state index in [4.69, 9.17) is 9.47 Å². The van der Waals surface area contributed by atoms with E-state index in [-0.39, 0.29) is 49.0 Å². The summed E-state index contributed by atoms with van der Waals surface area (Å²) in [4.78, 5) is 37.9. The van der Waals surface area contributed by atoms with Crippen LogP contribution in [0, 0.1) is 40.4 Å². The van der Waals surface area contributed by atoms with Crippen molar-refractivity contribution in [3.63, 3.8) is 0 Å². The van der Waals surface area contributed by atoms with Gasteiger partial charge in [-0.1, -0.05) is 20.8 Å². The Morgan fingerprint density at radius 2 is 1.82 bits per heavy atom. The Bertz CT molecular complexity index is 1110. The number of allylic oxidation sites excluding steroid dienone is 1. The van der Waals surface area contributed by atoms with E-state index >= 15 is 0 Å². The minimum Gasteiger partial charge on any atom is -0.462 e. The fraction of sp³-hybridized carbons (Fsp3) is 0.839. The summed E-state index contributed by atoms with van der Waals surface area (Å²) in [6, 6.07) is 0. The number of hydrogen-bond acceptors (Lipinski definition) is 9. The third kappa shape index (κ3) is 4.13. The summed E-state index contributed by atoms with van der Waals surface area (Å²) in [7, 11) is 0. The Hall–Kier alpha value is -1.81. The standard InChI is InChI=1S/C31H46O9/c1-15-18(16(2)39-27(15)36)11-26(40-17(3)32)30(6,37)25-8-10-31(38)20-12-22(33)21-13-23(34)24(35)14-28(21,4)19(20)7-9-29(25,31)5/h12,15-16,18-19,21,23-26,34-35,37-38H,7-11,13-14H2,1-6H3/t15-,16+,18-,19-,21-,23+,24-,25-,26+,28+,29+,30+,31+/m0/s1. The van der Waals surface area contributed by atoms with E-state index in [9.17, 15) is 34.8 Å². The van der Waals surface area contributed by atoms with Crippen LogP contribution in [0.2, 0.25) is 0 Å². The van der Waals surface area contributed by atoms with Crippen LogP contribution >= 0.6 is 0 Å². The second kappa shape index (κ2) is 9.61. The summed E-state index contributed by atoms with van der Waals surface area (Å²) in [6.45, 7) is 10.5. The molecule has 0 radical (unpaired) electrons. The molecule has 0 aromatic rings. The summed E-state index contributed by atoms with van der Waals surface area (Å²) < 4.78 is 11.2. The largest absolute Gasteiger partial charge is 0.462 e. The molecule has 5 aliphatic rings. The van der Waals surface area contributed by atoms with Gasteiger partial charge < -0.3 is 29.9 Å². The molecule has 9 nitrogen and oxygen atoms in total. The number of aliphatic hydroxyl groups excluding tert-OH is 2.